The molecule has 0 saturated heterocycles. The molecule has 0 spiro atoms. The minimum Gasteiger partial charge on any atom is -0.310 e. The number of nitrogens with zero attached hydrogens (tertiary/aromatic N) is 1. The third-order valence-corrected chi connectivity index (χ3v) is 10.4. The van der Waals surface area contributed by atoms with E-state index in [0.29, 0.717) is 11.8 Å². The van der Waals surface area contributed by atoms with Gasteiger partial charge in [0.15, 0.2) is 0 Å². The molecule has 0 aromatic heterocycles. The minimum absolute atomic E-state index is 0.193. The van der Waals surface area contributed by atoms with Gasteiger partial charge in [-0.2, -0.15) is 0 Å². The fourth-order valence-corrected chi connectivity index (χ4v) is 7.93. The van der Waals surface area contributed by atoms with Gasteiger partial charge in [0.05, 0.1) is 5.69 Å². The normalized spacial score (nSPS) is 13.6. The van der Waals surface area contributed by atoms with E-state index in [1.54, 1.807) is 0 Å². The molecule has 1 heteroatoms. The van der Waals surface area contributed by atoms with Gasteiger partial charge in [0.25, 0.3) is 0 Å². The monoisotopic (exact) mass is 595 g/mol. The largest absolute Gasteiger partial charge is 0.310 e. The van der Waals surface area contributed by atoms with Crippen LogP contribution in [0.15, 0.2) is 127 Å². The Morgan fingerprint density at radius 3 is 1.37 bits per heavy atom. The molecular weight excluding hydrogens is 555 g/mol. The highest BCUT2D eigenvalue weighted by atomic mass is 15.1. The van der Waals surface area contributed by atoms with E-state index < -0.39 is 0 Å². The molecule has 0 fully saturated rings. The molecule has 0 amide bonds. The van der Waals surface area contributed by atoms with Crippen molar-refractivity contribution in [1.82, 2.24) is 0 Å². The fourth-order valence-electron chi connectivity index (χ4n) is 7.93. The van der Waals surface area contributed by atoms with Crippen LogP contribution in [0.3, 0.4) is 0 Å². The second kappa shape index (κ2) is 10.6. The molecule has 0 heterocycles. The SMILES string of the molecule is CC(C)c1ccc(N(c2ccc(C(C)C)cc2)c2cc3c(c4ccccc24)-c2c(c4ccccc4c4ccccc24)C3(C)C)cc1. The van der Waals surface area contributed by atoms with E-state index in [1.807, 2.05) is 0 Å². The first-order valence-electron chi connectivity index (χ1n) is 16.8. The molecule has 8 rings (SSSR count). The van der Waals surface area contributed by atoms with Crippen LogP contribution in [0.1, 0.15) is 75.6 Å². The van der Waals surface area contributed by atoms with Crippen LogP contribution in [0.25, 0.3) is 43.4 Å². The van der Waals surface area contributed by atoms with Crippen LogP contribution in [0, 0.1) is 0 Å². The summed E-state index contributed by atoms with van der Waals surface area (Å²) in [5.41, 5.74) is 11.7. The number of fused-ring (bicyclic) bond motifs is 10. The Morgan fingerprint density at radius 1 is 0.457 bits per heavy atom. The van der Waals surface area contributed by atoms with Crippen molar-refractivity contribution >= 4 is 49.4 Å². The Bertz CT molecular complexity index is 2220. The lowest BCUT2D eigenvalue weighted by Crippen LogP contribution is -2.17. The van der Waals surface area contributed by atoms with E-state index in [2.05, 4.69) is 174 Å². The van der Waals surface area contributed by atoms with Crippen LogP contribution >= 0.6 is 0 Å². The van der Waals surface area contributed by atoms with Gasteiger partial charge in [0.1, 0.15) is 0 Å². The quantitative estimate of drug-likeness (QED) is 0.179. The summed E-state index contributed by atoms with van der Waals surface area (Å²) in [7, 11) is 0. The molecule has 0 atom stereocenters. The number of benzene rings is 7. The van der Waals surface area contributed by atoms with Gasteiger partial charge in [-0.1, -0.05) is 139 Å². The molecule has 0 N–H and O–H groups in total. The number of hydrogen-bond acceptors (Lipinski definition) is 1. The van der Waals surface area contributed by atoms with Gasteiger partial charge < -0.3 is 4.90 Å². The third kappa shape index (κ3) is 4.22. The van der Waals surface area contributed by atoms with E-state index in [1.165, 1.54) is 82.8 Å². The van der Waals surface area contributed by atoms with Crippen molar-refractivity contribution in [1.29, 1.82) is 0 Å². The van der Waals surface area contributed by atoms with E-state index >= 15 is 0 Å². The smallest absolute Gasteiger partial charge is 0.0543 e. The van der Waals surface area contributed by atoms with Crippen LogP contribution in [-0.4, -0.2) is 0 Å². The molecule has 7 aromatic rings. The van der Waals surface area contributed by atoms with E-state index in [9.17, 15) is 0 Å². The summed E-state index contributed by atoms with van der Waals surface area (Å²) in [5.74, 6) is 0.968. The molecule has 0 aliphatic heterocycles. The maximum Gasteiger partial charge on any atom is 0.0543 e. The predicted octanol–water partition coefficient (Wildman–Crippen LogP) is 13.2. The maximum absolute atomic E-state index is 2.51. The van der Waals surface area contributed by atoms with Crippen molar-refractivity contribution in [3.8, 4) is 11.1 Å². The molecule has 0 radical (unpaired) electrons. The first-order chi connectivity index (χ1) is 22.3. The highest BCUT2D eigenvalue weighted by Crippen LogP contribution is 2.58. The first-order valence-corrected chi connectivity index (χ1v) is 16.8. The Labute approximate surface area is 273 Å². The summed E-state index contributed by atoms with van der Waals surface area (Å²) in [6.45, 7) is 13.9. The van der Waals surface area contributed by atoms with Gasteiger partial charge in [-0.05, 0) is 102 Å². The Balaban J connectivity index is 1.46. The summed E-state index contributed by atoms with van der Waals surface area (Å²) < 4.78 is 0. The third-order valence-electron chi connectivity index (χ3n) is 10.4. The predicted molar refractivity (Wildman–Crippen MR) is 199 cm³/mol. The molecule has 0 unspecified atom stereocenters. The number of anilines is 3. The summed E-state index contributed by atoms with van der Waals surface area (Å²) in [5, 5.41) is 7.93. The lowest BCUT2D eigenvalue weighted by atomic mass is 9.79. The van der Waals surface area contributed by atoms with Gasteiger partial charge in [-0.15, -0.1) is 0 Å². The summed E-state index contributed by atoms with van der Waals surface area (Å²) in [4.78, 5) is 2.48. The van der Waals surface area contributed by atoms with Gasteiger partial charge in [0, 0.05) is 22.2 Å². The van der Waals surface area contributed by atoms with E-state index in [-0.39, 0.29) is 5.41 Å². The zero-order chi connectivity index (χ0) is 31.7. The second-order valence-corrected chi connectivity index (χ2v) is 14.2. The zero-order valence-corrected chi connectivity index (χ0v) is 27.7. The molecule has 1 aliphatic rings. The molecule has 226 valence electrons. The van der Waals surface area contributed by atoms with Gasteiger partial charge in [-0.3, -0.25) is 0 Å². The molecule has 0 bridgehead atoms. The summed E-state index contributed by atoms with van der Waals surface area (Å²) in [6, 6.07) is 47.9. The fraction of sp³-hybridized carbons (Fsp3) is 0.200. The highest BCUT2D eigenvalue weighted by Gasteiger charge is 2.40. The van der Waals surface area contributed by atoms with Crippen molar-refractivity contribution in [3.63, 3.8) is 0 Å². The lowest BCUT2D eigenvalue weighted by molar-refractivity contribution is 0.667. The van der Waals surface area contributed by atoms with Crippen LogP contribution in [-0.2, 0) is 5.41 Å². The molecule has 1 aliphatic carbocycles. The Hall–Kier alpha value is -4.88. The second-order valence-electron chi connectivity index (χ2n) is 14.2. The minimum atomic E-state index is -0.193. The van der Waals surface area contributed by atoms with Crippen molar-refractivity contribution in [3.05, 3.63) is 150 Å². The van der Waals surface area contributed by atoms with Gasteiger partial charge in [-0.25, -0.2) is 0 Å². The highest BCUT2D eigenvalue weighted by molar-refractivity contribution is 6.22. The van der Waals surface area contributed by atoms with Crippen LogP contribution in [0.4, 0.5) is 17.1 Å². The molecule has 46 heavy (non-hydrogen) atoms. The summed E-state index contributed by atoms with van der Waals surface area (Å²) in [6.07, 6.45) is 0. The van der Waals surface area contributed by atoms with Gasteiger partial charge in [0.2, 0.25) is 0 Å². The topological polar surface area (TPSA) is 3.24 Å². The van der Waals surface area contributed by atoms with Crippen molar-refractivity contribution in [2.75, 3.05) is 4.90 Å². The van der Waals surface area contributed by atoms with E-state index in [0.717, 1.165) is 0 Å². The van der Waals surface area contributed by atoms with Gasteiger partial charge >= 0.3 is 0 Å². The van der Waals surface area contributed by atoms with Crippen molar-refractivity contribution in [2.45, 2.75) is 58.8 Å². The Morgan fingerprint density at radius 2 is 0.870 bits per heavy atom. The molecule has 0 saturated carbocycles. The zero-order valence-electron chi connectivity index (χ0n) is 27.7. The lowest BCUT2D eigenvalue weighted by Gasteiger charge is -2.30. The average Bonchev–Trinajstić information content (AvgIpc) is 3.32. The van der Waals surface area contributed by atoms with Crippen LogP contribution in [0.2, 0.25) is 0 Å². The Kier molecular flexibility index (Phi) is 6.58. The first kappa shape index (κ1) is 28.6. The van der Waals surface area contributed by atoms with Crippen molar-refractivity contribution < 1.29 is 0 Å². The van der Waals surface area contributed by atoms with E-state index in [4.69, 9.17) is 0 Å². The van der Waals surface area contributed by atoms with Crippen LogP contribution in [0.5, 0.6) is 0 Å². The maximum atomic E-state index is 2.51. The molecular formula is C45H41N. The summed E-state index contributed by atoms with van der Waals surface area (Å²) >= 11 is 0. The molecule has 7 aromatic carbocycles. The average molecular weight is 596 g/mol. The standard InChI is InChI=1S/C45H41N/c1-28(2)30-19-23-32(24-20-30)46(33-25-21-31(22-26-33)29(3)4)41-27-40-42(38-17-11-9-15-36(38)41)43-37-16-10-7-13-34(37)35-14-8-12-18-39(35)44(43)45(40,5)6/h7-29H,1-6H3. The molecule has 1 nitrogen and oxygen atoms in total. The number of hydrogen-bond donors (Lipinski definition) is 0. The number of rotatable bonds is 5. The van der Waals surface area contributed by atoms with Crippen LogP contribution < -0.4 is 4.90 Å². The van der Waals surface area contributed by atoms with Crippen molar-refractivity contribution in [2.24, 2.45) is 0 Å².